The lowest BCUT2D eigenvalue weighted by Gasteiger charge is -2.10. The molecule has 5 heteroatoms. The monoisotopic (exact) mass is 241 g/mol. The highest BCUT2D eigenvalue weighted by Crippen LogP contribution is 2.18. The van der Waals surface area contributed by atoms with E-state index in [1.807, 2.05) is 0 Å². The lowest BCUT2D eigenvalue weighted by molar-refractivity contribution is 0.101. The summed E-state index contributed by atoms with van der Waals surface area (Å²) in [5.41, 5.74) is 1.76. The first-order valence-corrected chi connectivity index (χ1v) is 6.63. The molecule has 0 aromatic heterocycles. The third-order valence-corrected chi connectivity index (χ3v) is 3.58. The molecular formula is C11H15NO3S. The van der Waals surface area contributed by atoms with Crippen LogP contribution in [0.5, 0.6) is 0 Å². The number of carbonyl (C=O) groups is 1. The average Bonchev–Trinajstić information content (AvgIpc) is 2.21. The highest BCUT2D eigenvalue weighted by atomic mass is 32.2. The summed E-state index contributed by atoms with van der Waals surface area (Å²) < 4.78 is 25.3. The lowest BCUT2D eigenvalue weighted by atomic mass is 10.1. The summed E-state index contributed by atoms with van der Waals surface area (Å²) in [6.07, 6.45) is 0. The smallest absolute Gasteiger partial charge is 0.232 e. The summed E-state index contributed by atoms with van der Waals surface area (Å²) in [5.74, 6) is -0.0755. The maximum absolute atomic E-state index is 11.4. The minimum atomic E-state index is -3.30. The van der Waals surface area contributed by atoms with Crippen molar-refractivity contribution in [1.29, 1.82) is 0 Å². The fourth-order valence-corrected chi connectivity index (χ4v) is 1.89. The average molecular weight is 241 g/mol. The number of ketones is 1. The number of sulfonamides is 1. The molecule has 0 atom stereocenters. The van der Waals surface area contributed by atoms with Gasteiger partial charge in [0, 0.05) is 5.56 Å². The van der Waals surface area contributed by atoms with Crippen LogP contribution in [-0.2, 0) is 10.0 Å². The molecule has 0 spiro atoms. The van der Waals surface area contributed by atoms with E-state index in [9.17, 15) is 13.2 Å². The van der Waals surface area contributed by atoms with Crippen molar-refractivity contribution >= 4 is 21.5 Å². The summed E-state index contributed by atoms with van der Waals surface area (Å²) in [6.45, 7) is 4.80. The van der Waals surface area contributed by atoms with Crippen LogP contribution in [0.1, 0.15) is 29.8 Å². The first kappa shape index (κ1) is 12.7. The van der Waals surface area contributed by atoms with Crippen LogP contribution in [0.15, 0.2) is 18.2 Å². The predicted molar refractivity (Wildman–Crippen MR) is 64.3 cm³/mol. The molecule has 1 N–H and O–H groups in total. The van der Waals surface area contributed by atoms with Crippen LogP contribution in [0.25, 0.3) is 0 Å². The molecule has 0 bridgehead atoms. The highest BCUT2D eigenvalue weighted by molar-refractivity contribution is 7.92. The second-order valence-electron chi connectivity index (χ2n) is 3.59. The summed E-state index contributed by atoms with van der Waals surface area (Å²) in [6, 6.07) is 4.97. The third kappa shape index (κ3) is 3.06. The Kier molecular flexibility index (Phi) is 3.70. The van der Waals surface area contributed by atoms with Gasteiger partial charge < -0.3 is 0 Å². The Bertz CT molecular complexity index is 506. The molecular weight excluding hydrogens is 226 g/mol. The summed E-state index contributed by atoms with van der Waals surface area (Å²) in [4.78, 5) is 11.2. The zero-order valence-electron chi connectivity index (χ0n) is 9.57. The van der Waals surface area contributed by atoms with Crippen molar-refractivity contribution in [2.75, 3.05) is 10.5 Å². The fourth-order valence-electron chi connectivity index (χ4n) is 1.19. The summed E-state index contributed by atoms with van der Waals surface area (Å²) in [7, 11) is -3.30. The summed E-state index contributed by atoms with van der Waals surface area (Å²) >= 11 is 0. The zero-order valence-corrected chi connectivity index (χ0v) is 10.4. The van der Waals surface area contributed by atoms with E-state index in [4.69, 9.17) is 0 Å². The van der Waals surface area contributed by atoms with Gasteiger partial charge >= 0.3 is 0 Å². The number of Topliss-reactive ketones (excluding diaryl/α,β-unsaturated/α-hetero) is 1. The number of rotatable bonds is 4. The Morgan fingerprint density at radius 2 is 2.00 bits per heavy atom. The van der Waals surface area contributed by atoms with Gasteiger partial charge in [-0.1, -0.05) is 12.1 Å². The Morgan fingerprint density at radius 1 is 1.38 bits per heavy atom. The molecule has 4 nitrogen and oxygen atoms in total. The molecule has 0 aliphatic carbocycles. The zero-order chi connectivity index (χ0) is 12.3. The first-order valence-electron chi connectivity index (χ1n) is 4.98. The van der Waals surface area contributed by atoms with Crippen molar-refractivity contribution in [1.82, 2.24) is 0 Å². The Labute approximate surface area is 95.7 Å². The molecule has 1 rings (SSSR count). The van der Waals surface area contributed by atoms with Crippen LogP contribution in [0.3, 0.4) is 0 Å². The molecule has 0 amide bonds. The van der Waals surface area contributed by atoms with E-state index >= 15 is 0 Å². The minimum Gasteiger partial charge on any atom is -0.295 e. The van der Waals surface area contributed by atoms with Crippen LogP contribution in [-0.4, -0.2) is 20.0 Å². The first-order chi connectivity index (χ1) is 7.35. The molecule has 16 heavy (non-hydrogen) atoms. The van der Waals surface area contributed by atoms with Crippen molar-refractivity contribution in [3.05, 3.63) is 29.3 Å². The van der Waals surface area contributed by atoms with Gasteiger partial charge in [-0.3, -0.25) is 9.52 Å². The third-order valence-electron chi connectivity index (χ3n) is 2.29. The normalized spacial score (nSPS) is 11.2. The molecule has 0 unspecified atom stereocenters. The van der Waals surface area contributed by atoms with Crippen molar-refractivity contribution in [3.8, 4) is 0 Å². The molecule has 1 aromatic rings. The molecule has 0 aliphatic rings. The highest BCUT2D eigenvalue weighted by Gasteiger charge is 2.10. The number of benzene rings is 1. The summed E-state index contributed by atoms with van der Waals surface area (Å²) in [5, 5.41) is 0. The second kappa shape index (κ2) is 4.65. The van der Waals surface area contributed by atoms with Crippen LogP contribution in [0.4, 0.5) is 5.69 Å². The molecule has 0 heterocycles. The molecule has 1 aromatic carbocycles. The van der Waals surface area contributed by atoms with E-state index in [0.29, 0.717) is 11.3 Å². The minimum absolute atomic E-state index is 0.0107. The maximum Gasteiger partial charge on any atom is 0.232 e. The quantitative estimate of drug-likeness (QED) is 0.819. The van der Waals surface area contributed by atoms with Crippen LogP contribution in [0, 0.1) is 6.92 Å². The SMILES string of the molecule is CCS(=O)(=O)Nc1cc(C(C)=O)ccc1C. The van der Waals surface area contributed by atoms with Gasteiger partial charge in [0.2, 0.25) is 10.0 Å². The Morgan fingerprint density at radius 3 is 2.50 bits per heavy atom. The van der Waals surface area contributed by atoms with Crippen molar-refractivity contribution in [3.63, 3.8) is 0 Å². The number of hydrogen-bond acceptors (Lipinski definition) is 3. The Balaban J connectivity index is 3.13. The van der Waals surface area contributed by atoms with E-state index in [1.54, 1.807) is 32.0 Å². The standard InChI is InChI=1S/C11H15NO3S/c1-4-16(14,15)12-11-7-10(9(3)13)6-5-8(11)2/h5-7,12H,4H2,1-3H3. The molecule has 0 aliphatic heterocycles. The Hall–Kier alpha value is -1.36. The molecule has 88 valence electrons. The topological polar surface area (TPSA) is 63.2 Å². The van der Waals surface area contributed by atoms with E-state index in [0.717, 1.165) is 5.56 Å². The van der Waals surface area contributed by atoms with E-state index in [1.165, 1.54) is 6.92 Å². The maximum atomic E-state index is 11.4. The lowest BCUT2D eigenvalue weighted by Crippen LogP contribution is -2.15. The van der Waals surface area contributed by atoms with Crippen LogP contribution < -0.4 is 4.72 Å². The number of hydrogen-bond donors (Lipinski definition) is 1. The van der Waals surface area contributed by atoms with Gasteiger partial charge in [-0.25, -0.2) is 8.42 Å². The second-order valence-corrected chi connectivity index (χ2v) is 5.60. The van der Waals surface area contributed by atoms with Crippen molar-refractivity contribution < 1.29 is 13.2 Å². The van der Waals surface area contributed by atoms with Gasteiger partial charge in [-0.05, 0) is 32.4 Å². The van der Waals surface area contributed by atoms with Gasteiger partial charge in [0.05, 0.1) is 11.4 Å². The van der Waals surface area contributed by atoms with Crippen LogP contribution >= 0.6 is 0 Å². The van der Waals surface area contributed by atoms with Gasteiger partial charge in [-0.2, -0.15) is 0 Å². The molecule has 0 fully saturated rings. The van der Waals surface area contributed by atoms with Gasteiger partial charge in [-0.15, -0.1) is 0 Å². The van der Waals surface area contributed by atoms with Crippen molar-refractivity contribution in [2.45, 2.75) is 20.8 Å². The van der Waals surface area contributed by atoms with Gasteiger partial charge in [0.1, 0.15) is 0 Å². The molecule has 0 saturated heterocycles. The molecule has 0 radical (unpaired) electrons. The van der Waals surface area contributed by atoms with E-state index in [2.05, 4.69) is 4.72 Å². The molecule has 0 saturated carbocycles. The van der Waals surface area contributed by atoms with Crippen LogP contribution in [0.2, 0.25) is 0 Å². The fraction of sp³-hybridized carbons (Fsp3) is 0.364. The number of nitrogens with one attached hydrogen (secondary N) is 1. The van der Waals surface area contributed by atoms with Gasteiger partial charge in [0.25, 0.3) is 0 Å². The van der Waals surface area contributed by atoms with E-state index in [-0.39, 0.29) is 11.5 Å². The number of carbonyl (C=O) groups excluding carboxylic acids is 1. The van der Waals surface area contributed by atoms with E-state index < -0.39 is 10.0 Å². The predicted octanol–water partition coefficient (Wildman–Crippen LogP) is 1.96. The largest absolute Gasteiger partial charge is 0.295 e. The number of anilines is 1. The number of aryl methyl sites for hydroxylation is 1. The van der Waals surface area contributed by atoms with Gasteiger partial charge in [0.15, 0.2) is 5.78 Å². The van der Waals surface area contributed by atoms with Crippen molar-refractivity contribution in [2.24, 2.45) is 0 Å².